The van der Waals surface area contributed by atoms with E-state index in [0.29, 0.717) is 39.3 Å². The Morgan fingerprint density at radius 3 is 2.50 bits per heavy atom. The molecule has 0 radical (unpaired) electrons. The molecule has 1 saturated heterocycles. The van der Waals surface area contributed by atoms with E-state index in [1.54, 1.807) is 0 Å². The predicted molar refractivity (Wildman–Crippen MR) is 90.3 cm³/mol. The van der Waals surface area contributed by atoms with Gasteiger partial charge in [-0.25, -0.2) is 0 Å². The van der Waals surface area contributed by atoms with Crippen molar-refractivity contribution in [3.8, 4) is 11.5 Å². The van der Waals surface area contributed by atoms with E-state index in [-0.39, 0.29) is 11.9 Å². The summed E-state index contributed by atoms with van der Waals surface area (Å²) in [7, 11) is 0. The fourth-order valence-electron chi connectivity index (χ4n) is 3.41. The number of carbonyl (C=O) groups excluding carboxylic acids is 1. The Morgan fingerprint density at radius 2 is 1.92 bits per heavy atom. The fourth-order valence-corrected chi connectivity index (χ4v) is 3.41. The van der Waals surface area contributed by atoms with Crippen LogP contribution < -0.4 is 14.8 Å². The molecule has 0 saturated carbocycles. The summed E-state index contributed by atoms with van der Waals surface area (Å²) in [6.45, 7) is 6.84. The minimum Gasteiger partial charge on any atom is -0.490 e. The maximum atomic E-state index is 12.6. The number of fused-ring (bicyclic) bond motifs is 1. The van der Waals surface area contributed by atoms with Gasteiger partial charge in [-0.1, -0.05) is 0 Å². The second-order valence-corrected chi connectivity index (χ2v) is 6.29. The summed E-state index contributed by atoms with van der Waals surface area (Å²) in [6, 6.07) is 3.78. The number of β-amino-alcohol motifs (C(OH)–C–C–N with tert-alkyl or cyclic N) is 1. The molecule has 0 bridgehead atoms. The second kappa shape index (κ2) is 7.40. The van der Waals surface area contributed by atoms with Crippen LogP contribution in [0.1, 0.15) is 31.4 Å². The molecule has 1 fully saturated rings. The average Bonchev–Trinajstić information content (AvgIpc) is 3.01. The molecule has 0 spiro atoms. The molecule has 2 atom stereocenters. The molecule has 1 amide bonds. The van der Waals surface area contributed by atoms with Crippen molar-refractivity contribution in [2.45, 2.75) is 45.4 Å². The van der Waals surface area contributed by atoms with Gasteiger partial charge < -0.3 is 24.8 Å². The first-order chi connectivity index (χ1) is 11.6. The number of rotatable bonds is 5. The van der Waals surface area contributed by atoms with Crippen LogP contribution in [-0.4, -0.2) is 54.4 Å². The Hall–Kier alpha value is -1.79. The zero-order valence-corrected chi connectivity index (χ0v) is 14.4. The van der Waals surface area contributed by atoms with Crippen molar-refractivity contribution in [3.63, 3.8) is 0 Å². The quantitative estimate of drug-likeness (QED) is 0.843. The Bertz CT molecular complexity index is 605. The average molecular weight is 334 g/mol. The molecule has 132 valence electrons. The minimum absolute atomic E-state index is 0.0732. The molecule has 1 aromatic rings. The third kappa shape index (κ3) is 3.49. The van der Waals surface area contributed by atoms with Gasteiger partial charge in [0.25, 0.3) is 0 Å². The normalized spacial score (nSPS) is 23.0. The maximum Gasteiger partial charge on any atom is 0.240 e. The molecule has 24 heavy (non-hydrogen) atoms. The van der Waals surface area contributed by atoms with Gasteiger partial charge in [0.15, 0.2) is 11.5 Å². The smallest absolute Gasteiger partial charge is 0.240 e. The Morgan fingerprint density at radius 1 is 1.25 bits per heavy atom. The highest BCUT2D eigenvalue weighted by Crippen LogP contribution is 2.34. The first kappa shape index (κ1) is 17.0. The molecule has 6 nitrogen and oxygen atoms in total. The fraction of sp³-hybridized carbons (Fsp3) is 0.611. The van der Waals surface area contributed by atoms with Crippen LogP contribution in [0.4, 0.5) is 0 Å². The lowest BCUT2D eigenvalue weighted by atomic mass is 9.98. The maximum absolute atomic E-state index is 12.6. The van der Waals surface area contributed by atoms with E-state index in [9.17, 15) is 9.90 Å². The summed E-state index contributed by atoms with van der Waals surface area (Å²) in [6.07, 6.45) is 0.882. The second-order valence-electron chi connectivity index (χ2n) is 6.29. The highest BCUT2D eigenvalue weighted by atomic mass is 16.5. The van der Waals surface area contributed by atoms with Crippen LogP contribution in [0, 0.1) is 0 Å². The molecular weight excluding hydrogens is 308 g/mol. The zero-order valence-electron chi connectivity index (χ0n) is 14.4. The van der Waals surface area contributed by atoms with E-state index in [4.69, 9.17) is 9.47 Å². The third-order valence-corrected chi connectivity index (χ3v) is 4.60. The summed E-state index contributed by atoms with van der Waals surface area (Å²) >= 11 is 0. The summed E-state index contributed by atoms with van der Waals surface area (Å²) in [5.41, 5.74) is 2.32. The van der Waals surface area contributed by atoms with Crippen molar-refractivity contribution in [2.75, 3.05) is 26.3 Å². The number of nitrogens with zero attached hydrogens (tertiary/aromatic N) is 1. The van der Waals surface area contributed by atoms with Crippen molar-refractivity contribution in [2.24, 2.45) is 0 Å². The number of hydrogen-bond acceptors (Lipinski definition) is 5. The van der Waals surface area contributed by atoms with Crippen molar-refractivity contribution in [3.05, 3.63) is 23.3 Å². The van der Waals surface area contributed by atoms with Crippen LogP contribution in [0.2, 0.25) is 0 Å². The Kier molecular flexibility index (Phi) is 5.26. The largest absolute Gasteiger partial charge is 0.490 e. The molecule has 3 rings (SSSR count). The van der Waals surface area contributed by atoms with Gasteiger partial charge >= 0.3 is 0 Å². The summed E-state index contributed by atoms with van der Waals surface area (Å²) in [5, 5.41) is 12.7. The predicted octanol–water partition coefficient (Wildman–Crippen LogP) is 1.09. The molecule has 1 aromatic carbocycles. The zero-order chi connectivity index (χ0) is 17.1. The van der Waals surface area contributed by atoms with Crippen LogP contribution in [-0.2, 0) is 17.8 Å². The van der Waals surface area contributed by atoms with E-state index >= 15 is 0 Å². The van der Waals surface area contributed by atoms with Gasteiger partial charge in [0.1, 0.15) is 0 Å². The molecule has 0 aliphatic carbocycles. The van der Waals surface area contributed by atoms with Gasteiger partial charge in [0, 0.05) is 19.6 Å². The van der Waals surface area contributed by atoms with E-state index in [1.165, 1.54) is 5.56 Å². The van der Waals surface area contributed by atoms with Gasteiger partial charge in [-0.2, -0.15) is 0 Å². The highest BCUT2D eigenvalue weighted by Gasteiger charge is 2.33. The monoisotopic (exact) mass is 334 g/mol. The lowest BCUT2D eigenvalue weighted by Crippen LogP contribution is -2.45. The van der Waals surface area contributed by atoms with Gasteiger partial charge in [0.05, 0.1) is 25.4 Å². The molecular formula is C18H26N2O4. The molecule has 2 N–H and O–H groups in total. The molecule has 2 aliphatic rings. The van der Waals surface area contributed by atoms with Gasteiger partial charge in [-0.15, -0.1) is 0 Å². The lowest BCUT2D eigenvalue weighted by Gasteiger charge is -2.31. The first-order valence-corrected chi connectivity index (χ1v) is 8.74. The number of aliphatic hydroxyl groups excluding tert-OH is 1. The van der Waals surface area contributed by atoms with E-state index < -0.39 is 6.10 Å². The topological polar surface area (TPSA) is 71.0 Å². The highest BCUT2D eigenvalue weighted by molar-refractivity contribution is 5.82. The number of amides is 1. The number of ether oxygens (including phenoxy) is 2. The van der Waals surface area contributed by atoms with Crippen molar-refractivity contribution in [1.82, 2.24) is 10.2 Å². The molecule has 0 aromatic heterocycles. The van der Waals surface area contributed by atoms with Gasteiger partial charge in [-0.05, 0) is 49.9 Å². The van der Waals surface area contributed by atoms with Gasteiger partial charge in [0.2, 0.25) is 5.91 Å². The van der Waals surface area contributed by atoms with Crippen LogP contribution in [0.5, 0.6) is 11.5 Å². The van der Waals surface area contributed by atoms with Crippen molar-refractivity contribution in [1.29, 1.82) is 0 Å². The van der Waals surface area contributed by atoms with Crippen molar-refractivity contribution < 1.29 is 19.4 Å². The summed E-state index contributed by atoms with van der Waals surface area (Å²) in [4.78, 5) is 14.5. The number of carbonyl (C=O) groups is 1. The van der Waals surface area contributed by atoms with Crippen molar-refractivity contribution >= 4 is 5.91 Å². The molecule has 6 heteroatoms. The standard InChI is InChI=1S/C18H26N2O4/c1-3-23-16-7-12-5-6-20(11-13(12)8-17(16)24-4-2)18(22)15-9-14(21)10-19-15/h7-8,14-15,19,21H,3-6,9-11H2,1-2H3/t14-,15+/m0/s1. The molecule has 2 aliphatic heterocycles. The molecule has 2 heterocycles. The molecule has 0 unspecified atom stereocenters. The lowest BCUT2D eigenvalue weighted by molar-refractivity contribution is -0.134. The number of hydrogen-bond donors (Lipinski definition) is 2. The first-order valence-electron chi connectivity index (χ1n) is 8.74. The Labute approximate surface area is 142 Å². The number of aliphatic hydroxyl groups is 1. The van der Waals surface area contributed by atoms with Crippen LogP contribution >= 0.6 is 0 Å². The minimum atomic E-state index is -0.422. The summed E-state index contributed by atoms with van der Waals surface area (Å²) < 4.78 is 11.4. The van der Waals surface area contributed by atoms with E-state index in [2.05, 4.69) is 5.32 Å². The van der Waals surface area contributed by atoms with E-state index in [1.807, 2.05) is 30.9 Å². The number of benzene rings is 1. The SMILES string of the molecule is CCOc1cc2c(cc1OCC)CN(C(=O)[C@H]1C[C@H](O)CN1)CC2. The van der Waals surface area contributed by atoms with Crippen LogP contribution in [0.25, 0.3) is 0 Å². The number of nitrogens with one attached hydrogen (secondary N) is 1. The van der Waals surface area contributed by atoms with E-state index in [0.717, 1.165) is 23.5 Å². The summed E-state index contributed by atoms with van der Waals surface area (Å²) in [5.74, 6) is 1.59. The van der Waals surface area contributed by atoms with Crippen LogP contribution in [0.3, 0.4) is 0 Å². The van der Waals surface area contributed by atoms with Crippen LogP contribution in [0.15, 0.2) is 12.1 Å². The third-order valence-electron chi connectivity index (χ3n) is 4.60. The Balaban J connectivity index is 1.77. The van der Waals surface area contributed by atoms with Gasteiger partial charge in [-0.3, -0.25) is 4.79 Å².